The number of rotatable bonds is 2. The molecule has 0 saturated carbocycles. The molecule has 19 heavy (non-hydrogen) atoms. The molecule has 0 spiro atoms. The van der Waals surface area contributed by atoms with Gasteiger partial charge >= 0.3 is 0 Å². The van der Waals surface area contributed by atoms with Crippen LogP contribution >= 0.6 is 11.6 Å². The van der Waals surface area contributed by atoms with Gasteiger partial charge in [-0.2, -0.15) is 0 Å². The molecule has 0 aliphatic heterocycles. The highest BCUT2D eigenvalue weighted by Gasteiger charge is 2.19. The first-order valence-electron chi connectivity index (χ1n) is 5.52. The third-order valence-corrected chi connectivity index (χ3v) is 3.00. The van der Waals surface area contributed by atoms with Crippen LogP contribution in [0.5, 0.6) is 5.75 Å². The summed E-state index contributed by atoms with van der Waals surface area (Å²) in [7, 11) is 1.50. The maximum absolute atomic E-state index is 13.8. The number of phenols is 1. The van der Waals surface area contributed by atoms with Crippen LogP contribution in [0.3, 0.4) is 0 Å². The van der Waals surface area contributed by atoms with Gasteiger partial charge in [0, 0.05) is 18.8 Å². The molecule has 1 amide bonds. The van der Waals surface area contributed by atoms with E-state index in [4.69, 9.17) is 11.6 Å². The molecule has 2 rings (SSSR count). The lowest BCUT2D eigenvalue weighted by atomic mass is 10.1. The van der Waals surface area contributed by atoms with Crippen molar-refractivity contribution in [2.24, 2.45) is 0 Å². The van der Waals surface area contributed by atoms with Gasteiger partial charge in [0.15, 0.2) is 5.82 Å². The zero-order chi connectivity index (χ0) is 14.0. The summed E-state index contributed by atoms with van der Waals surface area (Å²) in [4.78, 5) is 13.4. The van der Waals surface area contributed by atoms with Crippen molar-refractivity contribution < 1.29 is 14.3 Å². The summed E-state index contributed by atoms with van der Waals surface area (Å²) in [6, 6.07) is 10.4. The summed E-state index contributed by atoms with van der Waals surface area (Å²) in [6.45, 7) is 0. The molecule has 2 aromatic rings. The Labute approximate surface area is 114 Å². The standard InChI is InChI=1S/C14H11ClFNO2/c1-17(9-4-2-5-10(18)8-9)14(19)11-6-3-7-12(15)13(11)16/h2-8,18H,1H3. The van der Waals surface area contributed by atoms with Gasteiger partial charge in [0.25, 0.3) is 5.91 Å². The molecule has 3 nitrogen and oxygen atoms in total. The minimum Gasteiger partial charge on any atom is -0.508 e. The molecule has 5 heteroatoms. The number of halogens is 2. The molecule has 0 aliphatic rings. The normalized spacial score (nSPS) is 10.3. The molecule has 0 atom stereocenters. The second kappa shape index (κ2) is 5.28. The average Bonchev–Trinajstić information content (AvgIpc) is 2.40. The van der Waals surface area contributed by atoms with Crippen LogP contribution in [0.15, 0.2) is 42.5 Å². The Morgan fingerprint density at radius 1 is 1.26 bits per heavy atom. The van der Waals surface area contributed by atoms with Crippen molar-refractivity contribution in [3.8, 4) is 5.75 Å². The zero-order valence-electron chi connectivity index (χ0n) is 10.1. The van der Waals surface area contributed by atoms with E-state index >= 15 is 0 Å². The summed E-state index contributed by atoms with van der Waals surface area (Å²) in [5.74, 6) is -1.25. The van der Waals surface area contributed by atoms with Crippen LogP contribution in [0.2, 0.25) is 5.02 Å². The van der Waals surface area contributed by atoms with E-state index in [2.05, 4.69) is 0 Å². The van der Waals surface area contributed by atoms with E-state index in [0.717, 1.165) is 0 Å². The molecular weight excluding hydrogens is 269 g/mol. The van der Waals surface area contributed by atoms with Crippen LogP contribution in [0.4, 0.5) is 10.1 Å². The number of aromatic hydroxyl groups is 1. The predicted molar refractivity (Wildman–Crippen MR) is 72.3 cm³/mol. The fraction of sp³-hybridized carbons (Fsp3) is 0.0714. The number of nitrogens with zero attached hydrogens (tertiary/aromatic N) is 1. The number of hydrogen-bond donors (Lipinski definition) is 1. The van der Waals surface area contributed by atoms with Crippen LogP contribution in [0.25, 0.3) is 0 Å². The van der Waals surface area contributed by atoms with Gasteiger partial charge in [0.05, 0.1) is 10.6 Å². The van der Waals surface area contributed by atoms with Crippen molar-refractivity contribution in [1.29, 1.82) is 0 Å². The number of carbonyl (C=O) groups is 1. The number of carbonyl (C=O) groups excluding carboxylic acids is 1. The van der Waals surface area contributed by atoms with Gasteiger partial charge in [0.2, 0.25) is 0 Å². The van der Waals surface area contributed by atoms with E-state index in [1.54, 1.807) is 12.1 Å². The Morgan fingerprint density at radius 3 is 2.63 bits per heavy atom. The Morgan fingerprint density at radius 2 is 1.95 bits per heavy atom. The number of benzene rings is 2. The minimum atomic E-state index is -0.749. The van der Waals surface area contributed by atoms with Gasteiger partial charge < -0.3 is 10.0 Å². The second-order valence-corrected chi connectivity index (χ2v) is 4.39. The molecule has 0 unspecified atom stereocenters. The number of hydrogen-bond acceptors (Lipinski definition) is 2. The third-order valence-electron chi connectivity index (χ3n) is 2.70. The third kappa shape index (κ3) is 2.69. The van der Waals surface area contributed by atoms with Crippen molar-refractivity contribution >= 4 is 23.2 Å². The van der Waals surface area contributed by atoms with Gasteiger partial charge in [-0.25, -0.2) is 4.39 Å². The second-order valence-electron chi connectivity index (χ2n) is 3.99. The summed E-state index contributed by atoms with van der Waals surface area (Å²) in [6.07, 6.45) is 0. The van der Waals surface area contributed by atoms with Crippen molar-refractivity contribution in [3.05, 3.63) is 58.9 Å². The molecule has 0 aliphatic carbocycles. The molecule has 0 bridgehead atoms. The predicted octanol–water partition coefficient (Wildman–Crippen LogP) is 3.46. The monoisotopic (exact) mass is 279 g/mol. The highest BCUT2D eigenvalue weighted by molar-refractivity contribution is 6.31. The van der Waals surface area contributed by atoms with E-state index in [9.17, 15) is 14.3 Å². The fourth-order valence-corrected chi connectivity index (χ4v) is 1.84. The number of phenolic OH excluding ortho intramolecular Hbond substituents is 1. The van der Waals surface area contributed by atoms with Gasteiger partial charge in [-0.15, -0.1) is 0 Å². The minimum absolute atomic E-state index is 0.0312. The Hall–Kier alpha value is -2.07. The van der Waals surface area contributed by atoms with E-state index in [0.29, 0.717) is 5.69 Å². The lowest BCUT2D eigenvalue weighted by molar-refractivity contribution is 0.0989. The van der Waals surface area contributed by atoms with E-state index < -0.39 is 11.7 Å². The molecule has 0 fully saturated rings. The topological polar surface area (TPSA) is 40.5 Å². The molecule has 0 radical (unpaired) electrons. The fourth-order valence-electron chi connectivity index (χ4n) is 1.67. The highest BCUT2D eigenvalue weighted by Crippen LogP contribution is 2.23. The van der Waals surface area contributed by atoms with Crippen molar-refractivity contribution in [2.45, 2.75) is 0 Å². The molecule has 98 valence electrons. The van der Waals surface area contributed by atoms with Crippen LogP contribution in [0, 0.1) is 5.82 Å². The number of anilines is 1. The van der Waals surface area contributed by atoms with Crippen molar-refractivity contribution in [2.75, 3.05) is 11.9 Å². The van der Waals surface area contributed by atoms with Crippen LogP contribution in [-0.4, -0.2) is 18.1 Å². The lowest BCUT2D eigenvalue weighted by Gasteiger charge is -2.18. The smallest absolute Gasteiger partial charge is 0.261 e. The van der Waals surface area contributed by atoms with Crippen molar-refractivity contribution in [1.82, 2.24) is 0 Å². The summed E-state index contributed by atoms with van der Waals surface area (Å²) < 4.78 is 13.8. The molecular formula is C14H11ClFNO2. The van der Waals surface area contributed by atoms with E-state index in [1.165, 1.54) is 42.3 Å². The molecule has 2 aromatic carbocycles. The first kappa shape index (κ1) is 13.4. The van der Waals surface area contributed by atoms with Crippen LogP contribution in [0.1, 0.15) is 10.4 Å². The van der Waals surface area contributed by atoms with Gasteiger partial charge in [-0.1, -0.05) is 23.7 Å². The van der Waals surface area contributed by atoms with E-state index in [1.807, 2.05) is 0 Å². The summed E-state index contributed by atoms with van der Waals surface area (Å²) >= 11 is 5.65. The quantitative estimate of drug-likeness (QED) is 0.914. The first-order chi connectivity index (χ1) is 9.00. The zero-order valence-corrected chi connectivity index (χ0v) is 10.9. The summed E-state index contributed by atoms with van der Waals surface area (Å²) in [5, 5.41) is 9.28. The maximum Gasteiger partial charge on any atom is 0.261 e. The number of amides is 1. The van der Waals surface area contributed by atoms with E-state index in [-0.39, 0.29) is 16.3 Å². The first-order valence-corrected chi connectivity index (χ1v) is 5.89. The van der Waals surface area contributed by atoms with Crippen molar-refractivity contribution in [3.63, 3.8) is 0 Å². The molecule has 0 heterocycles. The Kier molecular flexibility index (Phi) is 3.71. The molecule has 1 N–H and O–H groups in total. The lowest BCUT2D eigenvalue weighted by Crippen LogP contribution is -2.27. The molecule has 0 saturated heterocycles. The summed E-state index contributed by atoms with van der Waals surface area (Å²) in [5.41, 5.74) is 0.350. The maximum atomic E-state index is 13.8. The van der Waals surface area contributed by atoms with Gasteiger partial charge in [0.1, 0.15) is 5.75 Å². The largest absolute Gasteiger partial charge is 0.508 e. The van der Waals surface area contributed by atoms with Crippen LogP contribution in [-0.2, 0) is 0 Å². The molecule has 0 aromatic heterocycles. The highest BCUT2D eigenvalue weighted by atomic mass is 35.5. The van der Waals surface area contributed by atoms with Crippen LogP contribution < -0.4 is 4.90 Å². The SMILES string of the molecule is CN(C(=O)c1cccc(Cl)c1F)c1cccc(O)c1. The Bertz CT molecular complexity index is 631. The average molecular weight is 280 g/mol. The Balaban J connectivity index is 2.36. The van der Waals surface area contributed by atoms with Gasteiger partial charge in [-0.05, 0) is 24.3 Å². The van der Waals surface area contributed by atoms with Gasteiger partial charge in [-0.3, -0.25) is 4.79 Å².